The van der Waals surface area contributed by atoms with E-state index in [9.17, 15) is 14.4 Å². The van der Waals surface area contributed by atoms with Gasteiger partial charge >= 0.3 is 6.03 Å². The molecular weight excluding hydrogens is 420 g/mol. The van der Waals surface area contributed by atoms with Crippen molar-refractivity contribution in [2.75, 3.05) is 19.0 Å². The molecule has 0 bridgehead atoms. The Bertz CT molecular complexity index is 1310. The molecule has 2 aromatic heterocycles. The van der Waals surface area contributed by atoms with E-state index < -0.39 is 23.3 Å². The highest BCUT2D eigenvalue weighted by molar-refractivity contribution is 6.30. The van der Waals surface area contributed by atoms with Crippen molar-refractivity contribution in [1.82, 2.24) is 14.8 Å². The van der Waals surface area contributed by atoms with Crippen molar-refractivity contribution in [2.45, 2.75) is 19.3 Å². The number of pyridine rings is 1. The Morgan fingerprint density at radius 3 is 2.24 bits per heavy atom. The van der Waals surface area contributed by atoms with Crippen molar-refractivity contribution >= 4 is 41.3 Å². The van der Waals surface area contributed by atoms with E-state index in [0.717, 1.165) is 26.6 Å². The molecular formula is C25H22N4O4. The van der Waals surface area contributed by atoms with E-state index in [1.165, 1.54) is 20.2 Å². The molecule has 8 heteroatoms. The largest absolute Gasteiger partial charge is 0.440 e. The predicted octanol–water partition coefficient (Wildman–Crippen LogP) is 4.22. The first kappa shape index (κ1) is 20.7. The van der Waals surface area contributed by atoms with Gasteiger partial charge in [-0.1, -0.05) is 38.1 Å². The van der Waals surface area contributed by atoms with Crippen LogP contribution in [0.2, 0.25) is 0 Å². The van der Waals surface area contributed by atoms with Gasteiger partial charge in [-0.2, -0.15) is 0 Å². The minimum Gasteiger partial charge on any atom is -0.440 e. The number of furan rings is 1. The normalized spacial score (nSPS) is 17.3. The fourth-order valence-electron chi connectivity index (χ4n) is 4.37. The molecule has 1 aromatic carbocycles. The monoisotopic (exact) mass is 442 g/mol. The number of benzene rings is 1. The van der Waals surface area contributed by atoms with Gasteiger partial charge in [0, 0.05) is 31.3 Å². The first-order chi connectivity index (χ1) is 15.7. The van der Waals surface area contributed by atoms with E-state index in [1.807, 2.05) is 47.4 Å². The minimum absolute atomic E-state index is 0.134. The zero-order valence-corrected chi connectivity index (χ0v) is 18.7. The van der Waals surface area contributed by atoms with Gasteiger partial charge in [-0.3, -0.25) is 24.3 Å². The summed E-state index contributed by atoms with van der Waals surface area (Å²) in [6.45, 7) is 4.20. The molecule has 8 nitrogen and oxygen atoms in total. The molecule has 0 saturated carbocycles. The van der Waals surface area contributed by atoms with Crippen molar-refractivity contribution < 1.29 is 18.8 Å². The number of carbonyl (C=O) groups is 3. The van der Waals surface area contributed by atoms with Crippen LogP contribution in [-0.2, 0) is 15.0 Å². The topological polar surface area (TPSA) is 87.0 Å². The van der Waals surface area contributed by atoms with E-state index in [2.05, 4.69) is 24.9 Å². The number of nitrogens with zero attached hydrogens (tertiary/aromatic N) is 4. The molecule has 0 radical (unpaired) electrons. The third-order valence-electron chi connectivity index (χ3n) is 6.24. The molecule has 2 aliphatic rings. The van der Waals surface area contributed by atoms with Gasteiger partial charge in [-0.05, 0) is 35.9 Å². The molecule has 166 valence electrons. The van der Waals surface area contributed by atoms with E-state index in [4.69, 9.17) is 4.42 Å². The van der Waals surface area contributed by atoms with Crippen molar-refractivity contribution in [1.29, 1.82) is 0 Å². The summed E-state index contributed by atoms with van der Waals surface area (Å²) in [6.07, 6.45) is 3.12. The van der Waals surface area contributed by atoms with Crippen LogP contribution in [0.4, 0.5) is 22.2 Å². The smallest absolute Gasteiger partial charge is 0.333 e. The van der Waals surface area contributed by atoms with Gasteiger partial charge in [0.05, 0.1) is 5.69 Å². The summed E-state index contributed by atoms with van der Waals surface area (Å²) in [5.74, 6) is 0.265. The Hall–Kier alpha value is -4.20. The van der Waals surface area contributed by atoms with Gasteiger partial charge in [0.2, 0.25) is 5.88 Å². The Morgan fingerprint density at radius 1 is 0.909 bits per heavy atom. The second-order valence-corrected chi connectivity index (χ2v) is 8.60. The first-order valence-corrected chi connectivity index (χ1v) is 10.5. The summed E-state index contributed by atoms with van der Waals surface area (Å²) in [6, 6.07) is 14.8. The van der Waals surface area contributed by atoms with E-state index >= 15 is 0 Å². The molecule has 0 aliphatic carbocycles. The molecule has 3 aromatic rings. The van der Waals surface area contributed by atoms with Gasteiger partial charge in [0.1, 0.15) is 17.2 Å². The van der Waals surface area contributed by atoms with Crippen molar-refractivity contribution in [3.05, 3.63) is 77.2 Å². The third kappa shape index (κ3) is 2.98. The summed E-state index contributed by atoms with van der Waals surface area (Å²) >= 11 is 0. The van der Waals surface area contributed by atoms with E-state index in [1.54, 1.807) is 6.20 Å². The molecule has 2 aliphatic heterocycles. The lowest BCUT2D eigenvalue weighted by Gasteiger charge is -2.38. The zero-order valence-electron chi connectivity index (χ0n) is 18.7. The van der Waals surface area contributed by atoms with Crippen LogP contribution in [-0.4, -0.2) is 46.7 Å². The summed E-state index contributed by atoms with van der Waals surface area (Å²) in [5, 5.41) is 0. The van der Waals surface area contributed by atoms with Crippen LogP contribution in [0.3, 0.4) is 0 Å². The maximum Gasteiger partial charge on any atom is 0.333 e. The Balaban J connectivity index is 1.69. The standard InChI is InChI=1S/C25H22N4O4/c1-25(2)17-9-5-6-10-19(17)29(20-11-7-8-12-26-20)23-18(25)14-15(33-23)13-16-21(30)27(3)24(32)28(4)22(16)31/h5-14H,1-4H3. The van der Waals surface area contributed by atoms with Crippen LogP contribution in [0.5, 0.6) is 0 Å². The highest BCUT2D eigenvalue weighted by atomic mass is 16.4. The molecule has 33 heavy (non-hydrogen) atoms. The van der Waals surface area contributed by atoms with Crippen molar-refractivity contribution in [3.8, 4) is 0 Å². The fraction of sp³-hybridized carbons (Fsp3) is 0.200. The van der Waals surface area contributed by atoms with Crippen LogP contribution < -0.4 is 4.90 Å². The first-order valence-electron chi connectivity index (χ1n) is 10.5. The number of aromatic nitrogens is 1. The van der Waals surface area contributed by atoms with Gasteiger partial charge in [0.15, 0.2) is 0 Å². The SMILES string of the molecule is CN1C(=O)C(=Cc2cc3c(o2)N(c2ccccn2)c2ccccc2C3(C)C)C(=O)N(C)C1=O. The number of para-hydroxylation sites is 1. The van der Waals surface area contributed by atoms with Gasteiger partial charge in [-0.15, -0.1) is 0 Å². The Kier molecular flexibility index (Phi) is 4.49. The summed E-state index contributed by atoms with van der Waals surface area (Å²) in [5.41, 5.74) is 2.40. The van der Waals surface area contributed by atoms with Crippen molar-refractivity contribution in [3.63, 3.8) is 0 Å². The van der Waals surface area contributed by atoms with Crippen LogP contribution in [0.25, 0.3) is 6.08 Å². The number of amides is 4. The summed E-state index contributed by atoms with van der Waals surface area (Å²) < 4.78 is 6.25. The maximum atomic E-state index is 12.7. The molecule has 0 spiro atoms. The average Bonchev–Trinajstić information content (AvgIpc) is 3.25. The molecule has 1 saturated heterocycles. The van der Waals surface area contributed by atoms with Crippen LogP contribution in [0, 0.1) is 0 Å². The molecule has 0 atom stereocenters. The Morgan fingerprint density at radius 2 is 1.58 bits per heavy atom. The summed E-state index contributed by atoms with van der Waals surface area (Å²) in [4.78, 5) is 45.7. The van der Waals surface area contributed by atoms with E-state index in [0.29, 0.717) is 17.5 Å². The van der Waals surface area contributed by atoms with Gasteiger partial charge in [0.25, 0.3) is 11.8 Å². The number of barbiturate groups is 1. The highest BCUT2D eigenvalue weighted by Crippen LogP contribution is 2.52. The lowest BCUT2D eigenvalue weighted by molar-refractivity contribution is -0.134. The van der Waals surface area contributed by atoms with Crippen molar-refractivity contribution in [2.24, 2.45) is 0 Å². The van der Waals surface area contributed by atoms with Crippen LogP contribution in [0.15, 0.2) is 64.7 Å². The zero-order chi connectivity index (χ0) is 23.5. The molecule has 4 amide bonds. The van der Waals surface area contributed by atoms with Crippen LogP contribution in [0.1, 0.15) is 30.7 Å². The number of imide groups is 2. The lowest BCUT2D eigenvalue weighted by atomic mass is 9.75. The van der Waals surface area contributed by atoms with Crippen LogP contribution >= 0.6 is 0 Å². The number of urea groups is 1. The third-order valence-corrected chi connectivity index (χ3v) is 6.24. The molecule has 4 heterocycles. The summed E-state index contributed by atoms with van der Waals surface area (Å²) in [7, 11) is 2.69. The van der Waals surface area contributed by atoms with Gasteiger partial charge in [-0.25, -0.2) is 9.78 Å². The number of likely N-dealkylation sites (N-methyl/N-ethyl adjacent to an activating group) is 2. The number of hydrogen-bond acceptors (Lipinski definition) is 6. The molecule has 5 rings (SSSR count). The molecule has 0 N–H and O–H groups in total. The molecule has 1 fully saturated rings. The highest BCUT2D eigenvalue weighted by Gasteiger charge is 2.41. The Labute approximate surface area is 190 Å². The van der Waals surface area contributed by atoms with E-state index in [-0.39, 0.29) is 5.57 Å². The lowest BCUT2D eigenvalue weighted by Crippen LogP contribution is -2.52. The number of hydrogen-bond donors (Lipinski definition) is 0. The number of carbonyl (C=O) groups excluding carboxylic acids is 3. The fourth-order valence-corrected chi connectivity index (χ4v) is 4.37. The minimum atomic E-state index is -0.668. The number of fused-ring (bicyclic) bond motifs is 2. The maximum absolute atomic E-state index is 12.7. The second-order valence-electron chi connectivity index (χ2n) is 8.60. The molecule has 0 unspecified atom stereocenters. The van der Waals surface area contributed by atoms with Gasteiger partial charge < -0.3 is 4.42 Å². The number of anilines is 3. The average molecular weight is 442 g/mol. The quantitative estimate of drug-likeness (QED) is 0.436. The number of rotatable bonds is 2. The second kappa shape index (κ2) is 7.16. The predicted molar refractivity (Wildman–Crippen MR) is 122 cm³/mol.